The predicted octanol–water partition coefficient (Wildman–Crippen LogP) is 5.41. The summed E-state index contributed by atoms with van der Waals surface area (Å²) in [6.45, 7) is 5.97. The number of nitrogens with zero attached hydrogens (tertiary/aromatic N) is 4. The number of carbonyl (C=O) groups excluding carboxylic acids is 2. The Morgan fingerprint density at radius 1 is 0.951 bits per heavy atom. The van der Waals surface area contributed by atoms with Crippen molar-refractivity contribution >= 4 is 40.8 Å². The zero-order valence-electron chi connectivity index (χ0n) is 22.6. The number of aromatic nitrogens is 1. The van der Waals surface area contributed by atoms with Gasteiger partial charge in [-0.05, 0) is 67.8 Å². The van der Waals surface area contributed by atoms with E-state index in [1.165, 1.54) is 12.3 Å². The number of halogens is 4. The second-order valence-corrected chi connectivity index (χ2v) is 11.4. The highest BCUT2D eigenvalue weighted by Gasteiger charge is 2.33. The van der Waals surface area contributed by atoms with Crippen molar-refractivity contribution in [2.24, 2.45) is 0 Å². The Morgan fingerprint density at radius 2 is 1.68 bits per heavy atom. The molecule has 1 atom stereocenters. The molecule has 216 valence electrons. The van der Waals surface area contributed by atoms with Crippen LogP contribution in [0.15, 0.2) is 54.7 Å². The molecule has 3 aromatic rings. The first-order valence-electron chi connectivity index (χ1n) is 13.6. The van der Waals surface area contributed by atoms with E-state index in [1.807, 2.05) is 4.90 Å². The van der Waals surface area contributed by atoms with E-state index in [9.17, 15) is 18.4 Å². The number of likely N-dealkylation sites (tertiary alicyclic amines) is 1. The van der Waals surface area contributed by atoms with E-state index in [2.05, 4.69) is 27.0 Å². The molecule has 0 spiro atoms. The molecule has 0 unspecified atom stereocenters. The fourth-order valence-electron chi connectivity index (χ4n) is 5.60. The first-order chi connectivity index (χ1) is 19.7. The summed E-state index contributed by atoms with van der Waals surface area (Å²) in [6, 6.07) is 12.7. The molecule has 1 aromatic heterocycles. The maximum absolute atomic E-state index is 13.4. The normalized spacial score (nSPS) is 18.4. The van der Waals surface area contributed by atoms with E-state index in [4.69, 9.17) is 23.2 Å². The van der Waals surface area contributed by atoms with Gasteiger partial charge in [-0.2, -0.15) is 0 Å². The fraction of sp³-hybridized carbons (Fsp3) is 0.367. The van der Waals surface area contributed by atoms with Gasteiger partial charge in [-0.3, -0.25) is 14.5 Å². The van der Waals surface area contributed by atoms with E-state index in [0.29, 0.717) is 46.1 Å². The van der Waals surface area contributed by atoms with Crippen LogP contribution in [0.1, 0.15) is 46.0 Å². The number of pyridine rings is 1. The molecule has 2 aliphatic rings. The molecule has 2 amide bonds. The average Bonchev–Trinajstić information content (AvgIpc) is 2.97. The molecule has 41 heavy (non-hydrogen) atoms. The van der Waals surface area contributed by atoms with Gasteiger partial charge in [0.1, 0.15) is 5.82 Å². The Hall–Kier alpha value is -3.27. The van der Waals surface area contributed by atoms with Crippen molar-refractivity contribution in [1.29, 1.82) is 0 Å². The molecule has 7 nitrogen and oxygen atoms in total. The van der Waals surface area contributed by atoms with E-state index < -0.39 is 17.5 Å². The number of carbonyl (C=O) groups is 2. The van der Waals surface area contributed by atoms with Crippen molar-refractivity contribution in [1.82, 2.24) is 20.1 Å². The minimum atomic E-state index is -0.963. The first kappa shape index (κ1) is 29.2. The molecule has 0 saturated carbocycles. The van der Waals surface area contributed by atoms with Crippen molar-refractivity contribution in [3.63, 3.8) is 0 Å². The van der Waals surface area contributed by atoms with Crippen LogP contribution in [0.4, 0.5) is 14.6 Å². The molecule has 2 aliphatic heterocycles. The van der Waals surface area contributed by atoms with Gasteiger partial charge in [0.25, 0.3) is 11.8 Å². The molecule has 2 aromatic carbocycles. The quantitative estimate of drug-likeness (QED) is 0.409. The number of piperidine rings is 1. The van der Waals surface area contributed by atoms with Crippen LogP contribution in [-0.4, -0.2) is 71.4 Å². The average molecular weight is 603 g/mol. The second-order valence-electron chi connectivity index (χ2n) is 10.5. The lowest BCUT2D eigenvalue weighted by Crippen LogP contribution is -2.58. The van der Waals surface area contributed by atoms with E-state index in [-0.39, 0.29) is 24.1 Å². The molecule has 5 rings (SSSR count). The van der Waals surface area contributed by atoms with Crippen molar-refractivity contribution in [3.05, 3.63) is 93.1 Å². The Labute approximate surface area is 248 Å². The fourth-order valence-corrected chi connectivity index (χ4v) is 6.02. The number of hydrogen-bond donors (Lipinski definition) is 1. The summed E-state index contributed by atoms with van der Waals surface area (Å²) in [5, 5.41) is 3.67. The molecule has 2 saturated heterocycles. The van der Waals surface area contributed by atoms with Crippen molar-refractivity contribution in [2.45, 2.75) is 38.4 Å². The third kappa shape index (κ3) is 6.80. The van der Waals surface area contributed by atoms with Gasteiger partial charge in [-0.15, -0.1) is 0 Å². The van der Waals surface area contributed by atoms with E-state index >= 15 is 0 Å². The van der Waals surface area contributed by atoms with Crippen molar-refractivity contribution in [2.75, 3.05) is 37.6 Å². The number of piperazine rings is 1. The molecular formula is C30H31Cl2F2N5O2. The van der Waals surface area contributed by atoms with E-state index in [0.717, 1.165) is 44.6 Å². The van der Waals surface area contributed by atoms with Crippen LogP contribution in [0, 0.1) is 11.6 Å². The largest absolute Gasteiger partial charge is 0.353 e. The second kappa shape index (κ2) is 12.7. The third-order valence-electron chi connectivity index (χ3n) is 7.81. The minimum Gasteiger partial charge on any atom is -0.353 e. The van der Waals surface area contributed by atoms with Crippen LogP contribution in [0.2, 0.25) is 10.0 Å². The summed E-state index contributed by atoms with van der Waals surface area (Å²) >= 11 is 12.5. The molecule has 0 bridgehead atoms. The Morgan fingerprint density at radius 3 is 2.34 bits per heavy atom. The van der Waals surface area contributed by atoms with Gasteiger partial charge >= 0.3 is 0 Å². The van der Waals surface area contributed by atoms with Crippen LogP contribution in [0.3, 0.4) is 0 Å². The highest BCUT2D eigenvalue weighted by atomic mass is 35.5. The van der Waals surface area contributed by atoms with E-state index in [1.54, 1.807) is 30.3 Å². The number of rotatable bonds is 6. The van der Waals surface area contributed by atoms with Gasteiger partial charge in [0.15, 0.2) is 11.6 Å². The molecular weight excluding hydrogens is 571 g/mol. The van der Waals surface area contributed by atoms with Gasteiger partial charge in [-0.1, -0.05) is 29.3 Å². The number of hydrogen-bond acceptors (Lipinski definition) is 5. The van der Waals surface area contributed by atoms with Gasteiger partial charge in [-0.25, -0.2) is 13.8 Å². The molecule has 1 N–H and O–H groups in total. The van der Waals surface area contributed by atoms with Gasteiger partial charge in [0, 0.05) is 68.1 Å². The lowest BCUT2D eigenvalue weighted by Gasteiger charge is -2.46. The van der Waals surface area contributed by atoms with Crippen LogP contribution in [0.25, 0.3) is 0 Å². The number of amides is 2. The Balaban J connectivity index is 1.13. The van der Waals surface area contributed by atoms with Gasteiger partial charge < -0.3 is 15.1 Å². The Kier molecular flexibility index (Phi) is 9.06. The molecule has 0 aliphatic carbocycles. The zero-order chi connectivity index (χ0) is 29.1. The highest BCUT2D eigenvalue weighted by molar-refractivity contribution is 6.33. The van der Waals surface area contributed by atoms with Gasteiger partial charge in [0.2, 0.25) is 0 Å². The predicted molar refractivity (Wildman–Crippen MR) is 156 cm³/mol. The highest BCUT2D eigenvalue weighted by Crippen LogP contribution is 2.29. The lowest BCUT2D eigenvalue weighted by molar-refractivity contribution is 0.0525. The maximum Gasteiger partial charge on any atom is 0.253 e. The SMILES string of the molecule is C[C@H]1CN(c2ncc(C(=O)NCc3ccc(F)c(F)c3)cc2Cl)CCN1C1CCN(C(=O)c2ccc(Cl)cc2)CC1. The first-order valence-corrected chi connectivity index (χ1v) is 14.4. The molecule has 2 fully saturated rings. The minimum absolute atomic E-state index is 0.0418. The molecule has 11 heteroatoms. The van der Waals surface area contributed by atoms with Crippen LogP contribution in [-0.2, 0) is 6.54 Å². The monoisotopic (exact) mass is 601 g/mol. The summed E-state index contributed by atoms with van der Waals surface area (Å²) in [4.78, 5) is 36.5. The zero-order valence-corrected chi connectivity index (χ0v) is 24.1. The van der Waals surface area contributed by atoms with Gasteiger partial charge in [0.05, 0.1) is 10.6 Å². The van der Waals surface area contributed by atoms with Crippen molar-refractivity contribution < 1.29 is 18.4 Å². The summed E-state index contributed by atoms with van der Waals surface area (Å²) in [5.74, 6) is -1.64. The summed E-state index contributed by atoms with van der Waals surface area (Å²) in [6.07, 6.45) is 3.31. The topological polar surface area (TPSA) is 68.8 Å². The number of nitrogens with one attached hydrogen (secondary N) is 1. The van der Waals surface area contributed by atoms with Crippen LogP contribution >= 0.6 is 23.2 Å². The number of benzene rings is 2. The maximum atomic E-state index is 13.4. The van der Waals surface area contributed by atoms with Crippen molar-refractivity contribution in [3.8, 4) is 0 Å². The smallest absolute Gasteiger partial charge is 0.253 e. The molecule has 0 radical (unpaired) electrons. The standard InChI is InChI=1S/C30H31Cl2F2N5O2/c1-19-18-38(12-13-39(19)24-8-10-37(11-9-24)30(41)21-3-5-23(31)6-4-21)28-25(32)15-22(17-35-28)29(40)36-16-20-2-7-26(33)27(34)14-20/h2-7,14-15,17,19,24H,8-13,16,18H2,1H3,(H,36,40)/t19-/m0/s1. The van der Waals surface area contributed by atoms with Crippen LogP contribution < -0.4 is 10.2 Å². The lowest BCUT2D eigenvalue weighted by atomic mass is 9.99. The summed E-state index contributed by atoms with van der Waals surface area (Å²) in [7, 11) is 0. The third-order valence-corrected chi connectivity index (χ3v) is 8.34. The summed E-state index contributed by atoms with van der Waals surface area (Å²) < 4.78 is 26.6. The Bertz CT molecular complexity index is 1420. The molecule has 3 heterocycles. The summed E-state index contributed by atoms with van der Waals surface area (Å²) in [5.41, 5.74) is 1.39. The van der Waals surface area contributed by atoms with Crippen LogP contribution in [0.5, 0.6) is 0 Å². The number of anilines is 1.